The highest BCUT2D eigenvalue weighted by Crippen LogP contribution is 2.48. The number of ether oxygens (including phenoxy) is 2. The molecule has 1 saturated heterocycles. The Morgan fingerprint density at radius 2 is 2.26 bits per heavy atom. The van der Waals surface area contributed by atoms with Gasteiger partial charge in [-0.25, -0.2) is 4.39 Å². The molecule has 2 aliphatic rings. The van der Waals surface area contributed by atoms with Gasteiger partial charge in [-0.05, 0) is 56.7 Å². The lowest BCUT2D eigenvalue weighted by Gasteiger charge is -2.16. The Labute approximate surface area is 161 Å². The van der Waals surface area contributed by atoms with Crippen LogP contribution in [0.3, 0.4) is 0 Å². The van der Waals surface area contributed by atoms with Crippen LogP contribution in [0.4, 0.5) is 4.39 Å². The van der Waals surface area contributed by atoms with Gasteiger partial charge >= 0.3 is 0 Å². The highest BCUT2D eigenvalue weighted by atomic mass is 19.1. The summed E-state index contributed by atoms with van der Waals surface area (Å²) in [5, 5.41) is 6.65. The first-order chi connectivity index (χ1) is 13.2. The molecule has 0 radical (unpaired) electrons. The molecule has 0 bridgehead atoms. The summed E-state index contributed by atoms with van der Waals surface area (Å²) in [6.45, 7) is 6.65. The number of guanidine groups is 1. The van der Waals surface area contributed by atoms with Crippen LogP contribution in [0.5, 0.6) is 0 Å². The van der Waals surface area contributed by atoms with Crippen molar-refractivity contribution in [3.8, 4) is 0 Å². The number of hydrogen-bond donors (Lipinski definition) is 2. The van der Waals surface area contributed by atoms with E-state index in [-0.39, 0.29) is 17.3 Å². The lowest BCUT2D eigenvalue weighted by molar-refractivity contribution is 0.0168. The topological polar surface area (TPSA) is 54.9 Å². The number of nitrogens with zero attached hydrogens (tertiary/aromatic N) is 1. The first-order valence-corrected chi connectivity index (χ1v) is 10.2. The normalized spacial score (nSPS) is 21.3. The summed E-state index contributed by atoms with van der Waals surface area (Å²) in [6, 6.07) is 6.94. The van der Waals surface area contributed by atoms with Crippen LogP contribution in [-0.4, -0.2) is 51.5 Å². The summed E-state index contributed by atoms with van der Waals surface area (Å²) in [4.78, 5) is 4.75. The van der Waals surface area contributed by atoms with E-state index in [4.69, 9.17) is 14.5 Å². The number of hydrogen-bond acceptors (Lipinski definition) is 3. The van der Waals surface area contributed by atoms with Gasteiger partial charge in [0.1, 0.15) is 5.82 Å². The maximum absolute atomic E-state index is 13.5. The minimum atomic E-state index is -0.171. The first-order valence-electron chi connectivity index (χ1n) is 10.2. The fraction of sp³-hybridized carbons (Fsp3) is 0.667. The van der Waals surface area contributed by atoms with Gasteiger partial charge in [-0.15, -0.1) is 0 Å². The highest BCUT2D eigenvalue weighted by molar-refractivity contribution is 5.79. The minimum absolute atomic E-state index is 0.00877. The molecule has 0 amide bonds. The Morgan fingerprint density at radius 1 is 1.37 bits per heavy atom. The maximum Gasteiger partial charge on any atom is 0.191 e. The van der Waals surface area contributed by atoms with E-state index in [1.165, 1.54) is 6.07 Å². The summed E-state index contributed by atoms with van der Waals surface area (Å²) < 4.78 is 24.8. The van der Waals surface area contributed by atoms with Crippen LogP contribution in [0, 0.1) is 5.82 Å². The Kier molecular flexibility index (Phi) is 7.47. The second-order valence-corrected chi connectivity index (χ2v) is 7.48. The van der Waals surface area contributed by atoms with Gasteiger partial charge in [0.2, 0.25) is 0 Å². The van der Waals surface area contributed by atoms with Gasteiger partial charge in [-0.2, -0.15) is 0 Å². The molecule has 2 fully saturated rings. The van der Waals surface area contributed by atoms with Crippen molar-refractivity contribution in [2.75, 3.05) is 39.5 Å². The molecule has 0 spiro atoms. The zero-order valence-electron chi connectivity index (χ0n) is 16.3. The van der Waals surface area contributed by atoms with Crippen LogP contribution in [0.1, 0.15) is 44.6 Å². The fourth-order valence-electron chi connectivity index (χ4n) is 3.45. The van der Waals surface area contributed by atoms with Gasteiger partial charge in [-0.3, -0.25) is 4.99 Å². The van der Waals surface area contributed by atoms with Crippen LogP contribution in [0.25, 0.3) is 0 Å². The van der Waals surface area contributed by atoms with Crippen LogP contribution >= 0.6 is 0 Å². The smallest absolute Gasteiger partial charge is 0.191 e. The summed E-state index contributed by atoms with van der Waals surface area (Å²) >= 11 is 0. The lowest BCUT2D eigenvalue weighted by atomic mass is 9.96. The molecule has 27 heavy (non-hydrogen) atoms. The standard InChI is InChI=1S/C21H32FN3O2/c1-2-23-20(24-11-5-12-26-15-19-8-4-13-27-19)25-16-21(9-10-21)17-6-3-7-18(22)14-17/h3,6-7,14,19H,2,4-5,8-13,15-16H2,1H3,(H2,23,24,25). The SMILES string of the molecule is CCNC(=NCC1(c2cccc(F)c2)CC1)NCCCOCC1CCCO1. The molecule has 1 heterocycles. The predicted octanol–water partition coefficient (Wildman–Crippen LogP) is 3.00. The third-order valence-corrected chi connectivity index (χ3v) is 5.26. The molecule has 1 aliphatic carbocycles. The second-order valence-electron chi connectivity index (χ2n) is 7.48. The predicted molar refractivity (Wildman–Crippen MR) is 106 cm³/mol. The van der Waals surface area contributed by atoms with Crippen molar-refractivity contribution in [1.29, 1.82) is 0 Å². The van der Waals surface area contributed by atoms with E-state index in [9.17, 15) is 4.39 Å². The van der Waals surface area contributed by atoms with E-state index >= 15 is 0 Å². The molecule has 5 nitrogen and oxygen atoms in total. The molecule has 0 aromatic heterocycles. The summed E-state index contributed by atoms with van der Waals surface area (Å²) in [5.74, 6) is 0.648. The average Bonchev–Trinajstić information content (AvgIpc) is 3.29. The van der Waals surface area contributed by atoms with Gasteiger partial charge in [0.05, 0.1) is 19.3 Å². The maximum atomic E-state index is 13.5. The van der Waals surface area contributed by atoms with E-state index < -0.39 is 0 Å². The Morgan fingerprint density at radius 3 is 2.96 bits per heavy atom. The molecular formula is C21H32FN3O2. The zero-order chi connectivity index (χ0) is 19.0. The van der Waals surface area contributed by atoms with Crippen LogP contribution < -0.4 is 10.6 Å². The Hall–Kier alpha value is -1.66. The molecule has 1 aromatic rings. The monoisotopic (exact) mass is 377 g/mol. The molecule has 1 aromatic carbocycles. The molecule has 1 unspecified atom stereocenters. The Balaban J connectivity index is 1.40. The molecule has 2 N–H and O–H groups in total. The number of benzene rings is 1. The van der Waals surface area contributed by atoms with Crippen molar-refractivity contribution in [3.63, 3.8) is 0 Å². The summed E-state index contributed by atoms with van der Waals surface area (Å²) in [7, 11) is 0. The van der Waals surface area contributed by atoms with Crippen LogP contribution in [0.15, 0.2) is 29.3 Å². The van der Waals surface area contributed by atoms with E-state index in [1.807, 2.05) is 6.07 Å². The molecule has 6 heteroatoms. The van der Waals surface area contributed by atoms with E-state index in [0.717, 1.165) is 69.9 Å². The third kappa shape index (κ3) is 6.18. The van der Waals surface area contributed by atoms with Gasteiger partial charge in [0.25, 0.3) is 0 Å². The fourth-order valence-corrected chi connectivity index (χ4v) is 3.45. The molecule has 1 aliphatic heterocycles. The number of rotatable bonds is 10. The van der Waals surface area contributed by atoms with Crippen molar-refractivity contribution in [2.24, 2.45) is 4.99 Å². The average molecular weight is 378 g/mol. The highest BCUT2D eigenvalue weighted by Gasteiger charge is 2.44. The number of aliphatic imine (C=N–C) groups is 1. The van der Waals surface area contributed by atoms with Gasteiger partial charge in [-0.1, -0.05) is 12.1 Å². The van der Waals surface area contributed by atoms with Crippen molar-refractivity contribution in [2.45, 2.75) is 50.5 Å². The minimum Gasteiger partial charge on any atom is -0.379 e. The number of halogens is 1. The van der Waals surface area contributed by atoms with Crippen molar-refractivity contribution >= 4 is 5.96 Å². The zero-order valence-corrected chi connectivity index (χ0v) is 16.3. The van der Waals surface area contributed by atoms with E-state index in [2.05, 4.69) is 17.6 Å². The molecular weight excluding hydrogens is 345 g/mol. The quantitative estimate of drug-likeness (QED) is 0.374. The number of nitrogens with one attached hydrogen (secondary N) is 2. The second kappa shape index (κ2) is 10.0. The lowest BCUT2D eigenvalue weighted by Crippen LogP contribution is -2.38. The third-order valence-electron chi connectivity index (χ3n) is 5.26. The van der Waals surface area contributed by atoms with Crippen molar-refractivity contribution < 1.29 is 13.9 Å². The largest absolute Gasteiger partial charge is 0.379 e. The summed E-state index contributed by atoms with van der Waals surface area (Å²) in [6.07, 6.45) is 5.60. The Bertz CT molecular complexity index is 613. The van der Waals surface area contributed by atoms with Crippen LogP contribution in [0.2, 0.25) is 0 Å². The van der Waals surface area contributed by atoms with Crippen molar-refractivity contribution in [1.82, 2.24) is 10.6 Å². The first kappa shape index (κ1) is 20.1. The van der Waals surface area contributed by atoms with E-state index in [0.29, 0.717) is 13.2 Å². The molecule has 1 saturated carbocycles. The molecule has 3 rings (SSSR count). The van der Waals surface area contributed by atoms with Crippen LogP contribution in [-0.2, 0) is 14.9 Å². The van der Waals surface area contributed by atoms with E-state index in [1.54, 1.807) is 12.1 Å². The van der Waals surface area contributed by atoms with Crippen molar-refractivity contribution in [3.05, 3.63) is 35.6 Å². The summed E-state index contributed by atoms with van der Waals surface area (Å²) in [5.41, 5.74) is 1.07. The van der Waals surface area contributed by atoms with Gasteiger partial charge < -0.3 is 20.1 Å². The van der Waals surface area contributed by atoms with Gasteiger partial charge in [0, 0.05) is 31.7 Å². The molecule has 1 atom stereocenters. The molecule has 150 valence electrons. The van der Waals surface area contributed by atoms with Gasteiger partial charge in [0.15, 0.2) is 5.96 Å².